The van der Waals surface area contributed by atoms with E-state index in [1.807, 2.05) is 30.3 Å². The van der Waals surface area contributed by atoms with Gasteiger partial charge < -0.3 is 15.9 Å². The third-order valence-electron chi connectivity index (χ3n) is 0.800. The van der Waals surface area contributed by atoms with Gasteiger partial charge in [-0.05, 0) is 39.8 Å². The van der Waals surface area contributed by atoms with Crippen LogP contribution in [0.4, 0.5) is 5.69 Å². The molecule has 0 bridgehead atoms. The van der Waals surface area contributed by atoms with E-state index in [2.05, 4.69) is 0 Å². The summed E-state index contributed by atoms with van der Waals surface area (Å²) in [4.78, 5) is 0. The lowest BCUT2D eigenvalue weighted by molar-refractivity contribution is 0.215. The summed E-state index contributed by atoms with van der Waals surface area (Å²) in [6.45, 7) is 6.89. The summed E-state index contributed by atoms with van der Waals surface area (Å²) in [6, 6.07) is 9.49. The summed E-state index contributed by atoms with van der Waals surface area (Å²) in [6.07, 6.45) is -0.333. The molecule has 3 heteroatoms. The molecule has 1 aromatic carbocycles. The lowest BCUT2D eigenvalue weighted by Crippen LogP contribution is -1.85. The fraction of sp³-hybridized carbons (Fsp3) is 0.500. The van der Waals surface area contributed by atoms with Crippen LogP contribution in [-0.4, -0.2) is 22.4 Å². The lowest BCUT2D eigenvalue weighted by atomic mass is 10.3. The first kappa shape index (κ1) is 16.4. The predicted octanol–water partition coefficient (Wildman–Crippen LogP) is 2.04. The lowest BCUT2D eigenvalue weighted by Gasteiger charge is -1.83. The zero-order valence-corrected chi connectivity index (χ0v) is 10.0. The van der Waals surface area contributed by atoms with Gasteiger partial charge in [0.25, 0.3) is 0 Å². The van der Waals surface area contributed by atoms with Gasteiger partial charge in [-0.1, -0.05) is 18.2 Å². The molecule has 0 aliphatic heterocycles. The first-order valence-corrected chi connectivity index (χ1v) is 5.03. The van der Waals surface area contributed by atoms with Crippen molar-refractivity contribution in [2.24, 2.45) is 0 Å². The molecule has 0 radical (unpaired) electrons. The Morgan fingerprint density at radius 3 is 1.27 bits per heavy atom. The van der Waals surface area contributed by atoms with Crippen molar-refractivity contribution in [1.82, 2.24) is 0 Å². The second-order valence-electron chi connectivity index (χ2n) is 3.60. The van der Waals surface area contributed by atoms with Crippen LogP contribution in [0.2, 0.25) is 0 Å². The normalized spacial score (nSPS) is 8.80. The van der Waals surface area contributed by atoms with Gasteiger partial charge in [-0.3, -0.25) is 0 Å². The molecule has 88 valence electrons. The second kappa shape index (κ2) is 11.0. The smallest absolute Gasteiger partial charge is 0.0483 e. The number of hydrogen-bond acceptors (Lipinski definition) is 3. The molecular formula is C12H23NO2. The average molecular weight is 213 g/mol. The number of anilines is 1. The summed E-state index contributed by atoms with van der Waals surface area (Å²) in [5.74, 6) is 0. The number of nitrogen functional groups attached to an aromatic ring is 1. The fourth-order valence-corrected chi connectivity index (χ4v) is 0.453. The molecular weight excluding hydrogens is 190 g/mol. The fourth-order valence-electron chi connectivity index (χ4n) is 0.453. The molecule has 0 fully saturated rings. The molecule has 15 heavy (non-hydrogen) atoms. The Morgan fingerprint density at radius 2 is 1.13 bits per heavy atom. The minimum Gasteiger partial charge on any atom is -0.399 e. The van der Waals surface area contributed by atoms with Gasteiger partial charge in [-0.15, -0.1) is 0 Å². The van der Waals surface area contributed by atoms with Gasteiger partial charge in [0.1, 0.15) is 0 Å². The van der Waals surface area contributed by atoms with Crippen LogP contribution in [0.25, 0.3) is 0 Å². The van der Waals surface area contributed by atoms with Crippen LogP contribution in [0.15, 0.2) is 30.3 Å². The van der Waals surface area contributed by atoms with Crippen molar-refractivity contribution in [3.8, 4) is 0 Å². The molecule has 0 atom stereocenters. The first-order valence-electron chi connectivity index (χ1n) is 5.03. The molecule has 1 aromatic rings. The van der Waals surface area contributed by atoms with Crippen LogP contribution < -0.4 is 5.73 Å². The van der Waals surface area contributed by atoms with Crippen molar-refractivity contribution in [2.45, 2.75) is 39.9 Å². The molecule has 0 aliphatic carbocycles. The molecule has 0 aromatic heterocycles. The number of aliphatic hydroxyl groups is 2. The predicted molar refractivity (Wildman–Crippen MR) is 65.6 cm³/mol. The average Bonchev–Trinajstić information content (AvgIpc) is 2.03. The molecule has 0 saturated heterocycles. The maximum atomic E-state index is 8.06. The van der Waals surface area contributed by atoms with E-state index in [0.717, 1.165) is 5.69 Å². The van der Waals surface area contributed by atoms with E-state index in [0.29, 0.717) is 0 Å². The zero-order valence-electron chi connectivity index (χ0n) is 10.0. The van der Waals surface area contributed by atoms with Gasteiger partial charge in [0.05, 0.1) is 0 Å². The van der Waals surface area contributed by atoms with Crippen LogP contribution in [0.1, 0.15) is 27.7 Å². The number of nitrogens with two attached hydrogens (primary N) is 1. The van der Waals surface area contributed by atoms with E-state index in [9.17, 15) is 0 Å². The minimum atomic E-state index is -0.167. The van der Waals surface area contributed by atoms with Gasteiger partial charge in [0, 0.05) is 17.9 Å². The SMILES string of the molecule is CC(C)O.CC(C)O.Nc1ccccc1. The molecule has 0 aliphatic rings. The van der Waals surface area contributed by atoms with Crippen molar-refractivity contribution in [2.75, 3.05) is 5.73 Å². The standard InChI is InChI=1S/C6H7N.2C3H8O/c7-6-4-2-1-3-5-6;2*1-3(2)4/h1-5H,7H2;2*3-4H,1-2H3. The van der Waals surface area contributed by atoms with Crippen LogP contribution in [-0.2, 0) is 0 Å². The summed E-state index contributed by atoms with van der Waals surface area (Å²) < 4.78 is 0. The van der Waals surface area contributed by atoms with Crippen molar-refractivity contribution in [3.63, 3.8) is 0 Å². The topological polar surface area (TPSA) is 66.5 Å². The van der Waals surface area contributed by atoms with E-state index in [-0.39, 0.29) is 12.2 Å². The largest absolute Gasteiger partial charge is 0.399 e. The Bertz CT molecular complexity index is 199. The Labute approximate surface area is 92.6 Å². The highest BCUT2D eigenvalue weighted by Crippen LogP contribution is 1.95. The van der Waals surface area contributed by atoms with Gasteiger partial charge >= 0.3 is 0 Å². The molecule has 0 spiro atoms. The maximum Gasteiger partial charge on any atom is 0.0483 e. The van der Waals surface area contributed by atoms with Crippen molar-refractivity contribution < 1.29 is 10.2 Å². The van der Waals surface area contributed by atoms with Crippen molar-refractivity contribution >= 4 is 5.69 Å². The quantitative estimate of drug-likeness (QED) is 0.578. The highest BCUT2D eigenvalue weighted by molar-refractivity contribution is 5.35. The summed E-state index contributed by atoms with van der Waals surface area (Å²) >= 11 is 0. The Balaban J connectivity index is 0. The van der Waals surface area contributed by atoms with Gasteiger partial charge in [0.15, 0.2) is 0 Å². The van der Waals surface area contributed by atoms with Crippen LogP contribution >= 0.6 is 0 Å². The summed E-state index contributed by atoms with van der Waals surface area (Å²) in [5.41, 5.74) is 6.18. The number of hydrogen-bond donors (Lipinski definition) is 3. The number of aliphatic hydroxyl groups excluding tert-OH is 2. The van der Waals surface area contributed by atoms with Crippen molar-refractivity contribution in [3.05, 3.63) is 30.3 Å². The highest BCUT2D eigenvalue weighted by atomic mass is 16.3. The van der Waals surface area contributed by atoms with Gasteiger partial charge in [0.2, 0.25) is 0 Å². The van der Waals surface area contributed by atoms with E-state index in [1.54, 1.807) is 27.7 Å². The Hall–Kier alpha value is -1.06. The first-order chi connectivity index (χ1) is 6.86. The monoisotopic (exact) mass is 213 g/mol. The molecule has 0 heterocycles. The third kappa shape index (κ3) is 32.2. The van der Waals surface area contributed by atoms with Gasteiger partial charge in [-0.2, -0.15) is 0 Å². The van der Waals surface area contributed by atoms with Gasteiger partial charge in [-0.25, -0.2) is 0 Å². The van der Waals surface area contributed by atoms with E-state index < -0.39 is 0 Å². The highest BCUT2D eigenvalue weighted by Gasteiger charge is 1.72. The third-order valence-corrected chi connectivity index (χ3v) is 0.800. The van der Waals surface area contributed by atoms with E-state index in [4.69, 9.17) is 15.9 Å². The zero-order chi connectivity index (χ0) is 12.3. The Kier molecular flexibility index (Phi) is 12.0. The van der Waals surface area contributed by atoms with E-state index in [1.165, 1.54) is 0 Å². The molecule has 1 rings (SSSR count). The second-order valence-corrected chi connectivity index (χ2v) is 3.60. The van der Waals surface area contributed by atoms with E-state index >= 15 is 0 Å². The van der Waals surface area contributed by atoms with Crippen molar-refractivity contribution in [1.29, 1.82) is 0 Å². The number of benzene rings is 1. The molecule has 0 saturated carbocycles. The molecule has 4 N–H and O–H groups in total. The Morgan fingerprint density at radius 1 is 0.867 bits per heavy atom. The summed E-state index contributed by atoms with van der Waals surface area (Å²) in [5, 5.41) is 16.1. The van der Waals surface area contributed by atoms with Crippen LogP contribution in [0.3, 0.4) is 0 Å². The maximum absolute atomic E-state index is 8.06. The van der Waals surface area contributed by atoms with Crippen LogP contribution in [0, 0.1) is 0 Å². The molecule has 0 unspecified atom stereocenters. The van der Waals surface area contributed by atoms with Crippen LogP contribution in [0.5, 0.6) is 0 Å². The summed E-state index contributed by atoms with van der Waals surface area (Å²) in [7, 11) is 0. The number of rotatable bonds is 0. The molecule has 0 amide bonds. The minimum absolute atomic E-state index is 0.167. The number of para-hydroxylation sites is 1. The molecule has 3 nitrogen and oxygen atoms in total.